The molecule has 100 valence electrons. The predicted octanol–water partition coefficient (Wildman–Crippen LogP) is 1.81. The minimum atomic E-state index is -3.07. The molecule has 0 amide bonds. The molecule has 1 aromatic carbocycles. The number of hydrogen-bond donors (Lipinski definition) is 1. The van der Waals surface area contributed by atoms with Crippen LogP contribution in [-0.2, 0) is 9.84 Å². The molecule has 0 saturated heterocycles. The van der Waals surface area contributed by atoms with E-state index in [2.05, 4.69) is 0 Å². The van der Waals surface area contributed by atoms with Crippen LogP contribution in [0.1, 0.15) is 30.1 Å². The van der Waals surface area contributed by atoms with Crippen molar-refractivity contribution >= 4 is 21.3 Å². The third-order valence-electron chi connectivity index (χ3n) is 2.61. The fourth-order valence-electron chi connectivity index (χ4n) is 1.50. The largest absolute Gasteiger partial charge is 0.398 e. The molecule has 0 heterocycles. The lowest BCUT2D eigenvalue weighted by Gasteiger charge is -2.05. The number of anilines is 1. The molecule has 0 unspecified atom stereocenters. The van der Waals surface area contributed by atoms with Gasteiger partial charge in [-0.2, -0.15) is 0 Å². The highest BCUT2D eigenvalue weighted by Gasteiger charge is 2.13. The van der Waals surface area contributed by atoms with E-state index in [1.807, 2.05) is 0 Å². The lowest BCUT2D eigenvalue weighted by molar-refractivity contribution is 0.0982. The average molecular weight is 273 g/mol. The van der Waals surface area contributed by atoms with Gasteiger partial charge in [0, 0.05) is 23.4 Å². The van der Waals surface area contributed by atoms with Gasteiger partial charge in [0.05, 0.1) is 5.75 Å². The SMILES string of the molecule is CCS(=O)(=O)CCCC(=O)c1cc(F)ccc1N. The Morgan fingerprint density at radius 3 is 2.67 bits per heavy atom. The van der Waals surface area contributed by atoms with Gasteiger partial charge in [-0.15, -0.1) is 0 Å². The summed E-state index contributed by atoms with van der Waals surface area (Å²) in [6, 6.07) is 3.57. The Hall–Kier alpha value is -1.43. The zero-order valence-electron chi connectivity index (χ0n) is 10.1. The van der Waals surface area contributed by atoms with Gasteiger partial charge >= 0.3 is 0 Å². The van der Waals surface area contributed by atoms with Crippen molar-refractivity contribution < 1.29 is 17.6 Å². The zero-order chi connectivity index (χ0) is 13.8. The minimum absolute atomic E-state index is 0.0372. The lowest BCUT2D eigenvalue weighted by Crippen LogP contribution is -2.11. The molecule has 0 aliphatic heterocycles. The number of carbonyl (C=O) groups is 1. The molecule has 0 fully saturated rings. The standard InChI is InChI=1S/C12H16FNO3S/c1-2-18(16,17)7-3-4-12(15)10-8-9(13)5-6-11(10)14/h5-6,8H,2-4,7,14H2,1H3. The smallest absolute Gasteiger partial charge is 0.165 e. The zero-order valence-corrected chi connectivity index (χ0v) is 11.0. The van der Waals surface area contributed by atoms with Crippen LogP contribution < -0.4 is 5.73 Å². The second-order valence-corrected chi connectivity index (χ2v) is 6.47. The molecule has 1 rings (SSSR count). The Labute approximate surface area is 106 Å². The van der Waals surface area contributed by atoms with Gasteiger partial charge in [-0.05, 0) is 24.6 Å². The number of ketones is 1. The first kappa shape index (κ1) is 14.6. The van der Waals surface area contributed by atoms with Crippen LogP contribution in [0.3, 0.4) is 0 Å². The number of halogens is 1. The first-order valence-corrected chi connectivity index (χ1v) is 7.46. The van der Waals surface area contributed by atoms with Gasteiger partial charge in [0.25, 0.3) is 0 Å². The van der Waals surface area contributed by atoms with Crippen molar-refractivity contribution in [2.75, 3.05) is 17.2 Å². The number of Topliss-reactive ketones (excluding diaryl/α,β-unsaturated/α-hetero) is 1. The van der Waals surface area contributed by atoms with Crippen LogP contribution in [0, 0.1) is 5.82 Å². The van der Waals surface area contributed by atoms with Crippen LogP contribution in [-0.4, -0.2) is 25.7 Å². The molecule has 0 aliphatic carbocycles. The number of nitrogen functional groups attached to an aromatic ring is 1. The van der Waals surface area contributed by atoms with Crippen molar-refractivity contribution in [1.29, 1.82) is 0 Å². The summed E-state index contributed by atoms with van der Waals surface area (Å²) in [5.41, 5.74) is 5.89. The van der Waals surface area contributed by atoms with Gasteiger partial charge in [-0.1, -0.05) is 6.92 Å². The van der Waals surface area contributed by atoms with Gasteiger partial charge in [0.15, 0.2) is 5.78 Å². The summed E-state index contributed by atoms with van der Waals surface area (Å²) < 4.78 is 35.5. The van der Waals surface area contributed by atoms with E-state index in [1.54, 1.807) is 6.92 Å². The lowest BCUT2D eigenvalue weighted by atomic mass is 10.1. The van der Waals surface area contributed by atoms with Crippen LogP contribution in [0.15, 0.2) is 18.2 Å². The Bertz CT molecular complexity index is 540. The molecular weight excluding hydrogens is 257 g/mol. The second kappa shape index (κ2) is 5.95. The van der Waals surface area contributed by atoms with Crippen LogP contribution in [0.4, 0.5) is 10.1 Å². The van der Waals surface area contributed by atoms with Gasteiger partial charge in [0.2, 0.25) is 0 Å². The van der Waals surface area contributed by atoms with Crippen molar-refractivity contribution in [1.82, 2.24) is 0 Å². The highest BCUT2D eigenvalue weighted by molar-refractivity contribution is 7.91. The molecule has 6 heteroatoms. The van der Waals surface area contributed by atoms with E-state index >= 15 is 0 Å². The molecular formula is C12H16FNO3S. The fraction of sp³-hybridized carbons (Fsp3) is 0.417. The normalized spacial score (nSPS) is 11.4. The van der Waals surface area contributed by atoms with Gasteiger partial charge in [-0.25, -0.2) is 12.8 Å². The maximum Gasteiger partial charge on any atom is 0.165 e. The van der Waals surface area contributed by atoms with Crippen molar-refractivity contribution in [3.63, 3.8) is 0 Å². The van der Waals surface area contributed by atoms with Crippen molar-refractivity contribution in [2.45, 2.75) is 19.8 Å². The number of rotatable bonds is 6. The molecule has 0 radical (unpaired) electrons. The third kappa shape index (κ3) is 4.10. The number of benzene rings is 1. The van der Waals surface area contributed by atoms with Crippen LogP contribution in [0.25, 0.3) is 0 Å². The Kier molecular flexibility index (Phi) is 4.84. The first-order chi connectivity index (χ1) is 8.35. The molecule has 18 heavy (non-hydrogen) atoms. The third-order valence-corrected chi connectivity index (χ3v) is 4.41. The monoisotopic (exact) mass is 273 g/mol. The molecule has 0 spiro atoms. The molecule has 4 nitrogen and oxygen atoms in total. The van der Waals surface area contributed by atoms with E-state index in [1.165, 1.54) is 12.1 Å². The van der Waals surface area contributed by atoms with Crippen LogP contribution in [0.5, 0.6) is 0 Å². The number of hydrogen-bond acceptors (Lipinski definition) is 4. The van der Waals surface area contributed by atoms with Crippen molar-refractivity contribution in [2.24, 2.45) is 0 Å². The highest BCUT2D eigenvalue weighted by Crippen LogP contribution is 2.16. The summed E-state index contributed by atoms with van der Waals surface area (Å²) in [5, 5.41) is 0. The highest BCUT2D eigenvalue weighted by atomic mass is 32.2. The van der Waals surface area contributed by atoms with Gasteiger partial charge in [0.1, 0.15) is 15.7 Å². The quantitative estimate of drug-likeness (QED) is 0.633. The molecule has 0 aromatic heterocycles. The van der Waals surface area contributed by atoms with Crippen LogP contribution >= 0.6 is 0 Å². The van der Waals surface area contributed by atoms with Gasteiger partial charge in [-0.3, -0.25) is 4.79 Å². The van der Waals surface area contributed by atoms with E-state index < -0.39 is 15.7 Å². The summed E-state index contributed by atoms with van der Waals surface area (Å²) in [7, 11) is -3.07. The van der Waals surface area contributed by atoms with Crippen molar-refractivity contribution in [3.8, 4) is 0 Å². The second-order valence-electron chi connectivity index (χ2n) is 3.99. The topological polar surface area (TPSA) is 77.2 Å². The molecule has 0 bridgehead atoms. The van der Waals surface area contributed by atoms with E-state index in [0.717, 1.165) is 6.07 Å². The van der Waals surface area contributed by atoms with E-state index in [-0.39, 0.29) is 41.4 Å². The molecule has 0 aliphatic rings. The number of carbonyl (C=O) groups excluding carboxylic acids is 1. The summed E-state index contributed by atoms with van der Waals surface area (Å²) in [6.07, 6.45) is 0.276. The summed E-state index contributed by atoms with van der Waals surface area (Å²) in [4.78, 5) is 11.8. The van der Waals surface area contributed by atoms with Gasteiger partial charge < -0.3 is 5.73 Å². The first-order valence-electron chi connectivity index (χ1n) is 5.64. The summed E-state index contributed by atoms with van der Waals surface area (Å²) in [5.74, 6) is -0.847. The minimum Gasteiger partial charge on any atom is -0.398 e. The maximum absolute atomic E-state index is 13.0. The maximum atomic E-state index is 13.0. The number of nitrogens with two attached hydrogens (primary N) is 1. The number of sulfone groups is 1. The fourth-order valence-corrected chi connectivity index (χ4v) is 2.37. The molecule has 2 N–H and O–H groups in total. The van der Waals surface area contributed by atoms with E-state index in [4.69, 9.17) is 5.73 Å². The molecule has 1 aromatic rings. The summed E-state index contributed by atoms with van der Waals surface area (Å²) >= 11 is 0. The van der Waals surface area contributed by atoms with E-state index in [0.29, 0.717) is 0 Å². The average Bonchev–Trinajstić information content (AvgIpc) is 2.32. The van der Waals surface area contributed by atoms with Crippen molar-refractivity contribution in [3.05, 3.63) is 29.6 Å². The summed E-state index contributed by atoms with van der Waals surface area (Å²) in [6.45, 7) is 1.56. The Balaban J connectivity index is 2.64. The van der Waals surface area contributed by atoms with Crippen LogP contribution in [0.2, 0.25) is 0 Å². The Morgan fingerprint density at radius 1 is 1.39 bits per heavy atom. The van der Waals surface area contributed by atoms with E-state index in [9.17, 15) is 17.6 Å². The molecule has 0 atom stereocenters. The Morgan fingerprint density at radius 2 is 2.06 bits per heavy atom. The molecule has 0 saturated carbocycles. The predicted molar refractivity (Wildman–Crippen MR) is 68.7 cm³/mol.